The molecule has 1 N–H and O–H groups in total. The maximum atomic E-state index is 11.4. The minimum absolute atomic E-state index is 0.330. The van der Waals surface area contributed by atoms with Crippen molar-refractivity contribution in [2.45, 2.75) is 12.0 Å². The molecule has 0 spiro atoms. The number of nitrogens with one attached hydrogen (secondary N) is 1. The number of pyridine rings is 1. The fraction of sp³-hybridized carbons (Fsp3) is 0.364. The van der Waals surface area contributed by atoms with Gasteiger partial charge in [-0.2, -0.15) is 0 Å². The lowest BCUT2D eigenvalue weighted by molar-refractivity contribution is -0.319. The van der Waals surface area contributed by atoms with Gasteiger partial charge in [-0.05, 0) is 12.1 Å². The van der Waals surface area contributed by atoms with E-state index in [-0.39, 0.29) is 0 Å². The predicted molar refractivity (Wildman–Crippen MR) is 55.8 cm³/mol. The summed E-state index contributed by atoms with van der Waals surface area (Å²) in [4.78, 5) is 26.6. The van der Waals surface area contributed by atoms with Crippen LogP contribution in [0.25, 0.3) is 0 Å². The Morgan fingerprint density at radius 1 is 1.39 bits per heavy atom. The van der Waals surface area contributed by atoms with Crippen molar-refractivity contribution in [1.82, 2.24) is 10.3 Å². The Morgan fingerprint density at radius 2 is 2.28 bits per heavy atom. The molecule has 2 aliphatic rings. The van der Waals surface area contributed by atoms with Crippen molar-refractivity contribution in [3.8, 4) is 0 Å². The van der Waals surface area contributed by atoms with Crippen LogP contribution in [0.3, 0.4) is 0 Å². The van der Waals surface area contributed by atoms with Crippen molar-refractivity contribution in [2.75, 3.05) is 13.2 Å². The molecule has 3 heterocycles. The zero-order valence-corrected chi connectivity index (χ0v) is 9.29. The normalized spacial score (nSPS) is 31.2. The molecule has 7 heteroatoms. The molecule has 2 unspecified atom stereocenters. The summed E-state index contributed by atoms with van der Waals surface area (Å²) in [6, 6.07) is 3.38. The third-order valence-electron chi connectivity index (χ3n) is 2.79. The van der Waals surface area contributed by atoms with Crippen LogP contribution in [-0.2, 0) is 29.6 Å². The molecule has 94 valence electrons. The number of ether oxygens (including phenoxy) is 3. The molecule has 7 nitrogen and oxygen atoms in total. The van der Waals surface area contributed by atoms with E-state index in [1.165, 1.54) is 6.20 Å². The van der Waals surface area contributed by atoms with Gasteiger partial charge in [-0.3, -0.25) is 10.3 Å². The largest absolute Gasteiger partial charge is 0.430 e. The molecule has 0 radical (unpaired) electrons. The number of morpholine rings is 1. The summed E-state index contributed by atoms with van der Waals surface area (Å²) in [5.74, 6) is -3.55. The smallest absolute Gasteiger partial charge is 0.420 e. The minimum atomic E-state index is -1.45. The number of hydrogen-bond donors (Lipinski definition) is 1. The van der Waals surface area contributed by atoms with Crippen molar-refractivity contribution in [3.63, 3.8) is 0 Å². The highest BCUT2D eigenvalue weighted by Crippen LogP contribution is 2.36. The van der Waals surface area contributed by atoms with Crippen molar-refractivity contribution in [1.29, 1.82) is 0 Å². The highest BCUT2D eigenvalue weighted by molar-refractivity contribution is 6.30. The van der Waals surface area contributed by atoms with Gasteiger partial charge in [-0.25, -0.2) is 9.59 Å². The number of esters is 2. The zero-order valence-electron chi connectivity index (χ0n) is 9.29. The van der Waals surface area contributed by atoms with E-state index in [1.807, 2.05) is 0 Å². The summed E-state index contributed by atoms with van der Waals surface area (Å²) in [6.07, 6.45) is 2.23. The van der Waals surface area contributed by atoms with Crippen LogP contribution in [0.2, 0.25) is 0 Å². The van der Waals surface area contributed by atoms with Gasteiger partial charge < -0.3 is 14.2 Å². The number of hydrogen-bond acceptors (Lipinski definition) is 7. The molecule has 2 saturated heterocycles. The Labute approximate surface area is 102 Å². The first-order valence-corrected chi connectivity index (χ1v) is 5.44. The molecule has 0 amide bonds. The van der Waals surface area contributed by atoms with Crippen LogP contribution in [0.4, 0.5) is 0 Å². The highest BCUT2D eigenvalue weighted by Gasteiger charge is 2.55. The number of rotatable bonds is 1. The predicted octanol–water partition coefficient (Wildman–Crippen LogP) is -0.720. The van der Waals surface area contributed by atoms with Gasteiger partial charge in [0.15, 0.2) is 0 Å². The lowest BCUT2D eigenvalue weighted by Crippen LogP contribution is -2.63. The van der Waals surface area contributed by atoms with Crippen LogP contribution in [0.1, 0.15) is 5.56 Å². The molecule has 2 aliphatic heterocycles. The lowest BCUT2D eigenvalue weighted by Gasteiger charge is -2.44. The van der Waals surface area contributed by atoms with E-state index in [1.54, 1.807) is 18.3 Å². The molecule has 0 saturated carbocycles. The van der Waals surface area contributed by atoms with Crippen LogP contribution in [0.15, 0.2) is 24.5 Å². The number of carbonyl (C=O) groups excluding carboxylic acids is 2. The molecular weight excluding hydrogens is 240 g/mol. The summed E-state index contributed by atoms with van der Waals surface area (Å²) in [6.45, 7) is 0.827. The topological polar surface area (TPSA) is 86.8 Å². The van der Waals surface area contributed by atoms with Crippen LogP contribution in [-0.4, -0.2) is 36.3 Å². The molecule has 18 heavy (non-hydrogen) atoms. The maximum absolute atomic E-state index is 11.4. The van der Waals surface area contributed by atoms with Gasteiger partial charge in [0.05, 0.1) is 6.61 Å². The van der Waals surface area contributed by atoms with Gasteiger partial charge in [0.25, 0.3) is 5.79 Å². The lowest BCUT2D eigenvalue weighted by atomic mass is 10.0. The van der Waals surface area contributed by atoms with Gasteiger partial charge in [0.2, 0.25) is 6.23 Å². The first-order valence-electron chi connectivity index (χ1n) is 5.44. The third-order valence-corrected chi connectivity index (χ3v) is 2.79. The molecule has 1 aromatic heterocycles. The zero-order chi connectivity index (χ0) is 12.6. The average Bonchev–Trinajstić information content (AvgIpc) is 2.41. The monoisotopic (exact) mass is 250 g/mol. The van der Waals surface area contributed by atoms with E-state index in [2.05, 4.69) is 10.3 Å². The Bertz CT molecular complexity index is 491. The van der Waals surface area contributed by atoms with E-state index in [0.717, 1.165) is 0 Å². The van der Waals surface area contributed by atoms with Crippen molar-refractivity contribution in [2.24, 2.45) is 0 Å². The molecule has 0 bridgehead atoms. The van der Waals surface area contributed by atoms with Gasteiger partial charge in [-0.1, -0.05) is 0 Å². The number of nitrogens with zero attached hydrogens (tertiary/aromatic N) is 1. The fourth-order valence-electron chi connectivity index (χ4n) is 2.00. The SMILES string of the molecule is O=C1OC2NCCOC2(c2cccnc2)OC1=O. The third kappa shape index (κ3) is 1.56. The number of aromatic nitrogens is 1. The van der Waals surface area contributed by atoms with E-state index in [0.29, 0.717) is 18.7 Å². The van der Waals surface area contributed by atoms with Crippen LogP contribution in [0.5, 0.6) is 0 Å². The Morgan fingerprint density at radius 3 is 3.06 bits per heavy atom. The molecule has 2 atom stereocenters. The van der Waals surface area contributed by atoms with Crippen LogP contribution in [0, 0.1) is 0 Å². The van der Waals surface area contributed by atoms with Crippen molar-refractivity contribution >= 4 is 11.9 Å². The summed E-state index contributed by atoms with van der Waals surface area (Å²) < 4.78 is 15.7. The van der Waals surface area contributed by atoms with E-state index in [9.17, 15) is 9.59 Å². The maximum Gasteiger partial charge on any atom is 0.420 e. The Balaban J connectivity index is 2.04. The second kappa shape index (κ2) is 4.04. The van der Waals surface area contributed by atoms with Gasteiger partial charge in [-0.15, -0.1) is 0 Å². The molecule has 0 aliphatic carbocycles. The van der Waals surface area contributed by atoms with E-state index >= 15 is 0 Å². The molecule has 2 fully saturated rings. The summed E-state index contributed by atoms with van der Waals surface area (Å²) in [5, 5.41) is 2.94. The second-order valence-corrected chi connectivity index (χ2v) is 3.89. The standard InChI is InChI=1S/C11H10N2O5/c14-8-9(15)18-11(7-2-1-3-12-6-7)10(17-8)13-4-5-16-11/h1-3,6,10,13H,4-5H2. The number of carbonyl (C=O) groups is 2. The molecular formula is C11H10N2O5. The van der Waals surface area contributed by atoms with Crippen LogP contribution >= 0.6 is 0 Å². The summed E-state index contributed by atoms with van der Waals surface area (Å²) in [5.41, 5.74) is 0.517. The summed E-state index contributed by atoms with van der Waals surface area (Å²) in [7, 11) is 0. The Hall–Kier alpha value is -1.99. The van der Waals surface area contributed by atoms with Gasteiger partial charge in [0.1, 0.15) is 0 Å². The van der Waals surface area contributed by atoms with Gasteiger partial charge in [0, 0.05) is 24.5 Å². The highest BCUT2D eigenvalue weighted by atomic mass is 16.8. The Kier molecular flexibility index (Phi) is 2.49. The first kappa shape index (κ1) is 11.1. The van der Waals surface area contributed by atoms with E-state index < -0.39 is 24.0 Å². The molecule has 3 rings (SSSR count). The van der Waals surface area contributed by atoms with Crippen molar-refractivity contribution < 1.29 is 23.8 Å². The number of fused-ring (bicyclic) bond motifs is 1. The van der Waals surface area contributed by atoms with E-state index in [4.69, 9.17) is 14.2 Å². The van der Waals surface area contributed by atoms with Crippen LogP contribution < -0.4 is 5.32 Å². The first-order chi connectivity index (χ1) is 8.72. The minimum Gasteiger partial charge on any atom is -0.430 e. The second-order valence-electron chi connectivity index (χ2n) is 3.89. The molecule has 1 aromatic rings. The molecule has 0 aromatic carbocycles. The summed E-state index contributed by atoms with van der Waals surface area (Å²) >= 11 is 0. The van der Waals surface area contributed by atoms with Gasteiger partial charge >= 0.3 is 11.9 Å². The van der Waals surface area contributed by atoms with Crippen molar-refractivity contribution in [3.05, 3.63) is 30.1 Å². The quantitative estimate of drug-likeness (QED) is 0.520. The average molecular weight is 250 g/mol. The fourth-order valence-corrected chi connectivity index (χ4v) is 2.00.